The maximum atomic E-state index is 12.4. The van der Waals surface area contributed by atoms with Crippen LogP contribution < -0.4 is 10.6 Å². The number of amides is 1. The van der Waals surface area contributed by atoms with E-state index in [0.29, 0.717) is 12.4 Å². The monoisotopic (exact) mass is 442 g/mol. The molecule has 0 bridgehead atoms. The first-order valence-electron chi connectivity index (χ1n) is 8.61. The van der Waals surface area contributed by atoms with Gasteiger partial charge in [0.25, 0.3) is 5.91 Å². The van der Waals surface area contributed by atoms with E-state index in [2.05, 4.69) is 31.5 Å². The minimum absolute atomic E-state index is 0.170. The molecule has 2 rings (SSSR count). The molecule has 0 radical (unpaired) electrons. The number of aromatic nitrogens is 1. The molecule has 0 aliphatic rings. The van der Waals surface area contributed by atoms with Gasteiger partial charge in [0.1, 0.15) is 17.5 Å². The number of rotatable bonds is 8. The van der Waals surface area contributed by atoms with Crippen molar-refractivity contribution < 1.29 is 14.3 Å². The molecule has 0 fully saturated rings. The van der Waals surface area contributed by atoms with Gasteiger partial charge in [-0.25, -0.2) is 9.78 Å². The summed E-state index contributed by atoms with van der Waals surface area (Å²) in [6.07, 6.45) is 4.50. The number of anilines is 2. The summed E-state index contributed by atoms with van der Waals surface area (Å²) in [6, 6.07) is 11.8. The first-order valence-corrected chi connectivity index (χ1v) is 9.40. The van der Waals surface area contributed by atoms with Gasteiger partial charge in [0, 0.05) is 16.9 Å². The molecule has 2 aromatic rings. The number of hydrogen-bond donors (Lipinski definition) is 2. The molecule has 0 aliphatic heterocycles. The van der Waals surface area contributed by atoms with E-state index < -0.39 is 11.9 Å². The zero-order valence-corrected chi connectivity index (χ0v) is 16.8. The Bertz CT molecular complexity index is 922. The largest absolute Gasteiger partial charge is 0.462 e. The summed E-state index contributed by atoms with van der Waals surface area (Å²) >= 11 is 3.31. The van der Waals surface area contributed by atoms with Crippen molar-refractivity contribution in [3.05, 3.63) is 64.4 Å². The van der Waals surface area contributed by atoms with Crippen LogP contribution in [-0.4, -0.2) is 23.5 Å². The molecule has 1 amide bonds. The average molecular weight is 443 g/mol. The van der Waals surface area contributed by atoms with Crippen molar-refractivity contribution >= 4 is 39.3 Å². The predicted molar refractivity (Wildman–Crippen MR) is 110 cm³/mol. The van der Waals surface area contributed by atoms with Gasteiger partial charge in [0.2, 0.25) is 0 Å². The standard InChI is InChI=1S/C20H19BrN4O3/c1-2-3-10-28-20(27)16-6-4-5-7-17(16)25-19(26)14(12-22)13-24-18-11-15(21)8-9-23-18/h4-9,11,13H,2-3,10H2,1H3,(H,23,24)(H,25,26)/b14-13-. The van der Waals surface area contributed by atoms with Crippen LogP contribution in [0.1, 0.15) is 30.1 Å². The van der Waals surface area contributed by atoms with Gasteiger partial charge >= 0.3 is 5.97 Å². The van der Waals surface area contributed by atoms with Crippen molar-refractivity contribution in [2.24, 2.45) is 0 Å². The molecule has 0 aliphatic carbocycles. The van der Waals surface area contributed by atoms with Crippen LogP contribution in [0.4, 0.5) is 11.5 Å². The zero-order valence-electron chi connectivity index (χ0n) is 15.2. The first-order chi connectivity index (χ1) is 13.5. The second-order valence-electron chi connectivity index (χ2n) is 5.66. The summed E-state index contributed by atoms with van der Waals surface area (Å²) in [7, 11) is 0. The fourth-order valence-electron chi connectivity index (χ4n) is 2.13. The maximum Gasteiger partial charge on any atom is 0.340 e. The summed E-state index contributed by atoms with van der Waals surface area (Å²) in [5.41, 5.74) is 0.331. The zero-order chi connectivity index (χ0) is 20.4. The van der Waals surface area contributed by atoms with E-state index in [1.54, 1.807) is 42.6 Å². The fourth-order valence-corrected chi connectivity index (χ4v) is 2.46. The average Bonchev–Trinajstić information content (AvgIpc) is 2.69. The highest BCUT2D eigenvalue weighted by Crippen LogP contribution is 2.18. The number of pyridine rings is 1. The molecular formula is C20H19BrN4O3. The predicted octanol–water partition coefficient (Wildman–Crippen LogP) is 4.26. The third-order valence-electron chi connectivity index (χ3n) is 3.58. The third-order valence-corrected chi connectivity index (χ3v) is 4.07. The Hall–Kier alpha value is -3.18. The number of para-hydroxylation sites is 1. The molecule has 0 saturated carbocycles. The number of nitriles is 1. The number of ether oxygens (including phenoxy) is 1. The number of nitrogens with one attached hydrogen (secondary N) is 2. The Labute approximate surface area is 171 Å². The highest BCUT2D eigenvalue weighted by molar-refractivity contribution is 9.10. The van der Waals surface area contributed by atoms with Gasteiger partial charge in [-0.1, -0.05) is 41.4 Å². The summed E-state index contributed by atoms with van der Waals surface area (Å²) in [5.74, 6) is -0.711. The van der Waals surface area contributed by atoms with E-state index in [1.165, 1.54) is 6.20 Å². The normalized spacial score (nSPS) is 10.7. The lowest BCUT2D eigenvalue weighted by Crippen LogP contribution is -2.18. The number of nitrogens with zero attached hydrogens (tertiary/aromatic N) is 2. The Kier molecular flexibility index (Phi) is 8.18. The molecule has 144 valence electrons. The lowest BCUT2D eigenvalue weighted by molar-refractivity contribution is -0.112. The van der Waals surface area contributed by atoms with Gasteiger partial charge in [-0.2, -0.15) is 5.26 Å². The van der Waals surface area contributed by atoms with Crippen LogP contribution in [0, 0.1) is 11.3 Å². The van der Waals surface area contributed by atoms with Crippen molar-refractivity contribution in [1.29, 1.82) is 5.26 Å². The Balaban J connectivity index is 2.11. The van der Waals surface area contributed by atoms with Crippen molar-refractivity contribution in [2.75, 3.05) is 17.2 Å². The minimum atomic E-state index is -0.654. The van der Waals surface area contributed by atoms with Crippen LogP contribution in [0.5, 0.6) is 0 Å². The third kappa shape index (κ3) is 6.21. The maximum absolute atomic E-state index is 12.4. The minimum Gasteiger partial charge on any atom is -0.462 e. The Morgan fingerprint density at radius 2 is 2.11 bits per heavy atom. The lowest BCUT2D eigenvalue weighted by Gasteiger charge is -2.10. The molecule has 1 aromatic carbocycles. The SMILES string of the molecule is CCCCOC(=O)c1ccccc1NC(=O)/C(C#N)=C\Nc1cc(Br)ccn1. The molecule has 2 N–H and O–H groups in total. The summed E-state index contributed by atoms with van der Waals surface area (Å²) < 4.78 is 6.00. The molecule has 8 heteroatoms. The molecule has 1 heterocycles. The second kappa shape index (κ2) is 10.8. The molecule has 28 heavy (non-hydrogen) atoms. The molecule has 0 unspecified atom stereocenters. The summed E-state index contributed by atoms with van der Waals surface area (Å²) in [6.45, 7) is 2.31. The fraction of sp³-hybridized carbons (Fsp3) is 0.200. The molecule has 0 saturated heterocycles. The van der Waals surface area contributed by atoms with Gasteiger partial charge in [-0.05, 0) is 30.7 Å². The summed E-state index contributed by atoms with van der Waals surface area (Å²) in [4.78, 5) is 28.7. The van der Waals surface area contributed by atoms with E-state index in [0.717, 1.165) is 17.3 Å². The highest BCUT2D eigenvalue weighted by atomic mass is 79.9. The molecule has 1 aromatic heterocycles. The number of hydrogen-bond acceptors (Lipinski definition) is 6. The number of carbonyl (C=O) groups is 2. The smallest absolute Gasteiger partial charge is 0.340 e. The number of unbranched alkanes of at least 4 members (excludes halogenated alkanes) is 1. The van der Waals surface area contributed by atoms with Crippen molar-refractivity contribution in [3.8, 4) is 6.07 Å². The number of carbonyl (C=O) groups excluding carboxylic acids is 2. The van der Waals surface area contributed by atoms with Crippen molar-refractivity contribution in [3.63, 3.8) is 0 Å². The molecule has 0 spiro atoms. The van der Waals surface area contributed by atoms with E-state index in [1.807, 2.05) is 13.0 Å². The van der Waals surface area contributed by atoms with Gasteiger partial charge < -0.3 is 15.4 Å². The molecular weight excluding hydrogens is 424 g/mol. The highest BCUT2D eigenvalue weighted by Gasteiger charge is 2.16. The van der Waals surface area contributed by atoms with E-state index in [9.17, 15) is 14.9 Å². The quantitative estimate of drug-likeness (QED) is 0.274. The lowest BCUT2D eigenvalue weighted by atomic mass is 10.1. The van der Waals surface area contributed by atoms with Crippen LogP contribution in [0.2, 0.25) is 0 Å². The number of halogens is 1. The summed E-state index contributed by atoms with van der Waals surface area (Å²) in [5, 5.41) is 14.7. The Morgan fingerprint density at radius 3 is 2.82 bits per heavy atom. The molecule has 0 atom stereocenters. The van der Waals surface area contributed by atoms with Gasteiger partial charge in [-0.15, -0.1) is 0 Å². The van der Waals surface area contributed by atoms with E-state index in [4.69, 9.17) is 4.74 Å². The van der Waals surface area contributed by atoms with Gasteiger partial charge in [0.15, 0.2) is 0 Å². The van der Waals surface area contributed by atoms with Crippen LogP contribution in [-0.2, 0) is 9.53 Å². The van der Waals surface area contributed by atoms with Crippen LogP contribution in [0.25, 0.3) is 0 Å². The van der Waals surface area contributed by atoms with Gasteiger partial charge in [-0.3, -0.25) is 4.79 Å². The van der Waals surface area contributed by atoms with Crippen molar-refractivity contribution in [1.82, 2.24) is 4.98 Å². The van der Waals surface area contributed by atoms with Crippen LogP contribution in [0.3, 0.4) is 0 Å². The van der Waals surface area contributed by atoms with E-state index >= 15 is 0 Å². The van der Waals surface area contributed by atoms with Crippen LogP contribution in [0.15, 0.2) is 58.8 Å². The van der Waals surface area contributed by atoms with Crippen molar-refractivity contribution in [2.45, 2.75) is 19.8 Å². The number of esters is 1. The van der Waals surface area contributed by atoms with Gasteiger partial charge in [0.05, 0.1) is 17.9 Å². The first kappa shape index (κ1) is 21.1. The molecule has 7 nitrogen and oxygen atoms in total. The Morgan fingerprint density at radius 1 is 1.32 bits per heavy atom. The second-order valence-corrected chi connectivity index (χ2v) is 6.58. The topological polar surface area (TPSA) is 104 Å². The van der Waals surface area contributed by atoms with E-state index in [-0.39, 0.29) is 16.8 Å². The van der Waals surface area contributed by atoms with Crippen LogP contribution >= 0.6 is 15.9 Å². The number of benzene rings is 1.